The van der Waals surface area contributed by atoms with E-state index < -0.39 is 0 Å². The Morgan fingerprint density at radius 1 is 1.30 bits per heavy atom. The zero-order valence-corrected chi connectivity index (χ0v) is 14.0. The zero-order chi connectivity index (χ0) is 14.7. The van der Waals surface area contributed by atoms with Crippen LogP contribution in [0.2, 0.25) is 0 Å². The SMILES string of the molecule is CSC1CCC(N(C)CC(=O)N2CC(C)OC(C)C2)C1. The number of amides is 1. The second kappa shape index (κ2) is 7.14. The Morgan fingerprint density at radius 3 is 2.50 bits per heavy atom. The first-order valence-corrected chi connectivity index (χ1v) is 8.94. The lowest BCUT2D eigenvalue weighted by molar-refractivity contribution is -0.144. The van der Waals surface area contributed by atoms with Gasteiger partial charge >= 0.3 is 0 Å². The molecule has 0 N–H and O–H groups in total. The van der Waals surface area contributed by atoms with Crippen molar-refractivity contribution >= 4 is 17.7 Å². The van der Waals surface area contributed by atoms with Gasteiger partial charge in [-0.05, 0) is 46.4 Å². The standard InChI is InChI=1S/C15H28N2O2S/c1-11-8-17(9-12(2)19-11)15(18)10-16(3)13-5-6-14(7-13)20-4/h11-14H,5-10H2,1-4H3. The summed E-state index contributed by atoms with van der Waals surface area (Å²) in [6.45, 7) is 6.09. The molecule has 2 aliphatic rings. The number of rotatable bonds is 4. The van der Waals surface area contributed by atoms with Crippen LogP contribution < -0.4 is 0 Å². The summed E-state index contributed by atoms with van der Waals surface area (Å²) < 4.78 is 5.69. The minimum atomic E-state index is 0.153. The third kappa shape index (κ3) is 4.12. The van der Waals surface area contributed by atoms with Crippen LogP contribution in [0.3, 0.4) is 0 Å². The third-order valence-corrected chi connectivity index (χ3v) is 5.57. The van der Waals surface area contributed by atoms with Crippen molar-refractivity contribution in [2.45, 2.75) is 56.6 Å². The van der Waals surface area contributed by atoms with Gasteiger partial charge in [0.15, 0.2) is 0 Å². The Hall–Kier alpha value is -0.260. The van der Waals surface area contributed by atoms with E-state index in [-0.39, 0.29) is 18.1 Å². The molecule has 20 heavy (non-hydrogen) atoms. The number of nitrogens with zero attached hydrogens (tertiary/aromatic N) is 2. The lowest BCUT2D eigenvalue weighted by Crippen LogP contribution is -2.51. The van der Waals surface area contributed by atoms with Crippen molar-refractivity contribution in [3.63, 3.8) is 0 Å². The highest BCUT2D eigenvalue weighted by atomic mass is 32.2. The Morgan fingerprint density at radius 2 is 1.95 bits per heavy atom. The summed E-state index contributed by atoms with van der Waals surface area (Å²) in [5, 5.41) is 0.779. The molecule has 4 unspecified atom stereocenters. The average Bonchev–Trinajstić information content (AvgIpc) is 2.86. The van der Waals surface area contributed by atoms with Crippen molar-refractivity contribution in [1.29, 1.82) is 0 Å². The number of carbonyl (C=O) groups is 1. The Labute approximate surface area is 127 Å². The predicted molar refractivity (Wildman–Crippen MR) is 84.2 cm³/mol. The van der Waals surface area contributed by atoms with Crippen LogP contribution in [-0.4, -0.2) is 72.1 Å². The molecule has 1 saturated carbocycles. The van der Waals surface area contributed by atoms with Gasteiger partial charge in [-0.3, -0.25) is 9.69 Å². The van der Waals surface area contributed by atoms with E-state index in [1.807, 2.05) is 30.5 Å². The van der Waals surface area contributed by atoms with E-state index in [0.717, 1.165) is 18.3 Å². The molecule has 0 spiro atoms. The fourth-order valence-corrected chi connectivity index (χ4v) is 4.14. The lowest BCUT2D eigenvalue weighted by atomic mass is 10.2. The molecule has 2 rings (SSSR count). The van der Waals surface area contributed by atoms with Gasteiger partial charge in [0.25, 0.3) is 0 Å². The number of morpholine rings is 1. The second-order valence-corrected chi connectivity index (χ2v) is 7.43. The molecular formula is C15H28N2O2S. The van der Waals surface area contributed by atoms with Crippen LogP contribution in [0.15, 0.2) is 0 Å². The van der Waals surface area contributed by atoms with Crippen molar-refractivity contribution in [3.05, 3.63) is 0 Å². The summed E-state index contributed by atoms with van der Waals surface area (Å²) in [5.74, 6) is 0.252. The molecule has 0 radical (unpaired) electrons. The fourth-order valence-electron chi connectivity index (χ4n) is 3.36. The maximum Gasteiger partial charge on any atom is 0.236 e. The van der Waals surface area contributed by atoms with E-state index in [4.69, 9.17) is 4.74 Å². The lowest BCUT2D eigenvalue weighted by Gasteiger charge is -2.36. The van der Waals surface area contributed by atoms with Crippen molar-refractivity contribution < 1.29 is 9.53 Å². The summed E-state index contributed by atoms with van der Waals surface area (Å²) in [6, 6.07) is 0.576. The van der Waals surface area contributed by atoms with Crippen LogP contribution in [0.25, 0.3) is 0 Å². The van der Waals surface area contributed by atoms with Crippen molar-refractivity contribution in [2.75, 3.05) is 32.9 Å². The molecule has 1 aliphatic carbocycles. The third-order valence-electron chi connectivity index (χ3n) is 4.47. The number of ether oxygens (including phenoxy) is 1. The fraction of sp³-hybridized carbons (Fsp3) is 0.933. The molecule has 0 bridgehead atoms. The minimum absolute atomic E-state index is 0.153. The molecule has 4 atom stereocenters. The zero-order valence-electron chi connectivity index (χ0n) is 13.2. The first-order chi connectivity index (χ1) is 9.49. The number of thioether (sulfide) groups is 1. The van der Waals surface area contributed by atoms with Gasteiger partial charge in [0.1, 0.15) is 0 Å². The van der Waals surface area contributed by atoms with Gasteiger partial charge in [0.2, 0.25) is 5.91 Å². The molecule has 0 aromatic carbocycles. The average molecular weight is 300 g/mol. The summed E-state index contributed by atoms with van der Waals surface area (Å²) in [7, 11) is 2.10. The monoisotopic (exact) mass is 300 g/mol. The molecule has 0 aromatic heterocycles. The molecule has 1 heterocycles. The van der Waals surface area contributed by atoms with Crippen molar-refractivity contribution in [2.24, 2.45) is 0 Å². The predicted octanol–water partition coefficient (Wildman–Crippen LogP) is 1.84. The molecule has 4 nitrogen and oxygen atoms in total. The number of carbonyl (C=O) groups excluding carboxylic acids is 1. The second-order valence-electron chi connectivity index (χ2n) is 6.30. The van der Waals surface area contributed by atoms with E-state index in [1.165, 1.54) is 19.3 Å². The van der Waals surface area contributed by atoms with Crippen LogP contribution in [0.1, 0.15) is 33.1 Å². The van der Waals surface area contributed by atoms with Crippen LogP contribution in [-0.2, 0) is 9.53 Å². The summed E-state index contributed by atoms with van der Waals surface area (Å²) >= 11 is 1.96. The highest BCUT2D eigenvalue weighted by Crippen LogP contribution is 2.30. The summed E-state index contributed by atoms with van der Waals surface area (Å²) in [5.41, 5.74) is 0. The van der Waals surface area contributed by atoms with E-state index in [0.29, 0.717) is 12.6 Å². The quantitative estimate of drug-likeness (QED) is 0.793. The van der Waals surface area contributed by atoms with Crippen LogP contribution in [0, 0.1) is 0 Å². The van der Waals surface area contributed by atoms with E-state index in [1.54, 1.807) is 0 Å². The van der Waals surface area contributed by atoms with Crippen LogP contribution in [0.5, 0.6) is 0 Å². The molecule has 1 aliphatic heterocycles. The number of likely N-dealkylation sites (N-methyl/N-ethyl adjacent to an activating group) is 1. The Balaban J connectivity index is 1.81. The normalized spacial score (nSPS) is 34.8. The van der Waals surface area contributed by atoms with Gasteiger partial charge in [0, 0.05) is 24.4 Å². The Kier molecular flexibility index (Phi) is 5.75. The largest absolute Gasteiger partial charge is 0.372 e. The van der Waals surface area contributed by atoms with E-state index in [2.05, 4.69) is 18.2 Å². The van der Waals surface area contributed by atoms with E-state index >= 15 is 0 Å². The Bertz CT molecular complexity index is 330. The first kappa shape index (κ1) is 16.1. The van der Waals surface area contributed by atoms with E-state index in [9.17, 15) is 4.79 Å². The molecule has 116 valence electrons. The van der Waals surface area contributed by atoms with Crippen molar-refractivity contribution in [3.8, 4) is 0 Å². The van der Waals surface area contributed by atoms with Gasteiger partial charge in [0.05, 0.1) is 18.8 Å². The van der Waals surface area contributed by atoms with Crippen molar-refractivity contribution in [1.82, 2.24) is 9.80 Å². The van der Waals surface area contributed by atoms with Gasteiger partial charge in [-0.1, -0.05) is 0 Å². The highest BCUT2D eigenvalue weighted by Gasteiger charge is 2.30. The van der Waals surface area contributed by atoms with Gasteiger partial charge in [-0.15, -0.1) is 0 Å². The van der Waals surface area contributed by atoms with Crippen LogP contribution >= 0.6 is 11.8 Å². The molecular weight excluding hydrogens is 272 g/mol. The summed E-state index contributed by atoms with van der Waals surface area (Å²) in [4.78, 5) is 16.7. The van der Waals surface area contributed by atoms with Gasteiger partial charge < -0.3 is 9.64 Å². The maximum atomic E-state index is 12.4. The summed E-state index contributed by atoms with van der Waals surface area (Å²) in [6.07, 6.45) is 6.23. The minimum Gasteiger partial charge on any atom is -0.372 e. The molecule has 0 aromatic rings. The number of hydrogen-bond donors (Lipinski definition) is 0. The first-order valence-electron chi connectivity index (χ1n) is 7.65. The van der Waals surface area contributed by atoms with Gasteiger partial charge in [-0.2, -0.15) is 11.8 Å². The molecule has 1 saturated heterocycles. The maximum absolute atomic E-state index is 12.4. The number of hydrogen-bond acceptors (Lipinski definition) is 4. The smallest absolute Gasteiger partial charge is 0.236 e. The van der Waals surface area contributed by atoms with Gasteiger partial charge in [-0.25, -0.2) is 0 Å². The molecule has 1 amide bonds. The highest BCUT2D eigenvalue weighted by molar-refractivity contribution is 7.99. The molecule has 2 fully saturated rings. The molecule has 5 heteroatoms. The topological polar surface area (TPSA) is 32.8 Å². The van der Waals surface area contributed by atoms with Crippen LogP contribution in [0.4, 0.5) is 0 Å².